The first-order chi connectivity index (χ1) is 9.61. The molecule has 1 heterocycles. The molecule has 0 aliphatic heterocycles. The van der Waals surface area contributed by atoms with Crippen molar-refractivity contribution < 1.29 is 9.50 Å². The summed E-state index contributed by atoms with van der Waals surface area (Å²) >= 11 is 0. The zero-order chi connectivity index (χ0) is 14.5. The average molecular weight is 274 g/mol. The molecule has 0 unspecified atom stereocenters. The normalized spacial score (nSPS) is 10.2. The smallest absolute Gasteiger partial charge is 0.328 e. The van der Waals surface area contributed by atoms with Gasteiger partial charge < -0.3 is 9.67 Å². The fraction of sp³-hybridized carbons (Fsp3) is 0.267. The first-order valence-corrected chi connectivity index (χ1v) is 6.21. The third-order valence-corrected chi connectivity index (χ3v) is 2.88. The number of aliphatic hydroxyl groups excluding tert-OH is 1. The highest BCUT2D eigenvalue weighted by Gasteiger charge is 2.06. The summed E-state index contributed by atoms with van der Waals surface area (Å²) in [5, 5.41) is 8.62. The molecule has 5 heteroatoms. The van der Waals surface area contributed by atoms with Crippen molar-refractivity contribution in [1.29, 1.82) is 0 Å². The van der Waals surface area contributed by atoms with Crippen molar-refractivity contribution in [3.8, 4) is 11.8 Å². The van der Waals surface area contributed by atoms with Crippen LogP contribution in [0.25, 0.3) is 0 Å². The molecule has 20 heavy (non-hydrogen) atoms. The maximum absolute atomic E-state index is 13.9. The summed E-state index contributed by atoms with van der Waals surface area (Å²) < 4.78 is 16.8. The molecule has 1 aromatic carbocycles. The Bertz CT molecular complexity index is 719. The first kappa shape index (κ1) is 14.1. The molecule has 0 aliphatic rings. The molecule has 0 amide bonds. The molecule has 1 aromatic heterocycles. The fourth-order valence-electron chi connectivity index (χ4n) is 1.79. The summed E-state index contributed by atoms with van der Waals surface area (Å²) in [5.74, 6) is 5.11. The zero-order valence-corrected chi connectivity index (χ0v) is 11.1. The molecule has 0 aliphatic carbocycles. The predicted molar refractivity (Wildman–Crippen MR) is 73.8 cm³/mol. The third kappa shape index (κ3) is 3.16. The van der Waals surface area contributed by atoms with Gasteiger partial charge in [0.1, 0.15) is 5.82 Å². The van der Waals surface area contributed by atoms with Crippen LogP contribution in [-0.2, 0) is 13.6 Å². The van der Waals surface area contributed by atoms with E-state index in [0.717, 1.165) is 0 Å². The number of hydrogen-bond donors (Lipinski definition) is 1. The van der Waals surface area contributed by atoms with E-state index in [0.29, 0.717) is 17.5 Å². The van der Waals surface area contributed by atoms with Crippen molar-refractivity contribution in [3.05, 3.63) is 58.0 Å². The summed E-state index contributed by atoms with van der Waals surface area (Å²) in [6.07, 6.45) is 3.62. The van der Waals surface area contributed by atoms with Crippen LogP contribution in [0.3, 0.4) is 0 Å². The Morgan fingerprint density at radius 2 is 2.15 bits per heavy atom. The van der Waals surface area contributed by atoms with Crippen LogP contribution in [0.2, 0.25) is 0 Å². The van der Waals surface area contributed by atoms with Gasteiger partial charge in [0.15, 0.2) is 0 Å². The number of benzene rings is 1. The average Bonchev–Trinajstić information content (AvgIpc) is 2.74. The molecule has 2 aromatic rings. The first-order valence-electron chi connectivity index (χ1n) is 6.21. The van der Waals surface area contributed by atoms with Crippen LogP contribution in [0.4, 0.5) is 4.39 Å². The number of imidazole rings is 1. The van der Waals surface area contributed by atoms with Gasteiger partial charge in [0.25, 0.3) is 0 Å². The molecule has 104 valence electrons. The van der Waals surface area contributed by atoms with E-state index in [4.69, 9.17) is 5.11 Å². The number of nitrogens with zero attached hydrogens (tertiary/aromatic N) is 2. The quantitative estimate of drug-likeness (QED) is 0.852. The predicted octanol–water partition coefficient (Wildman–Crippen LogP) is 1.11. The van der Waals surface area contributed by atoms with Gasteiger partial charge in [0.05, 0.1) is 13.2 Å². The molecular weight excluding hydrogens is 259 g/mol. The van der Waals surface area contributed by atoms with Crippen molar-refractivity contribution in [2.45, 2.75) is 13.0 Å². The van der Waals surface area contributed by atoms with Crippen molar-refractivity contribution in [2.75, 3.05) is 6.61 Å². The molecule has 0 spiro atoms. The second-order valence-electron chi connectivity index (χ2n) is 4.40. The number of halogens is 1. The van der Waals surface area contributed by atoms with Gasteiger partial charge in [0.2, 0.25) is 0 Å². The Labute approximate surface area is 116 Å². The maximum atomic E-state index is 13.9. The highest BCUT2D eigenvalue weighted by molar-refractivity contribution is 5.37. The minimum atomic E-state index is -0.392. The monoisotopic (exact) mass is 274 g/mol. The summed E-state index contributed by atoms with van der Waals surface area (Å²) in [4.78, 5) is 11.7. The molecular formula is C15H15FN2O2. The van der Waals surface area contributed by atoms with E-state index >= 15 is 0 Å². The van der Waals surface area contributed by atoms with Gasteiger partial charge in [-0.3, -0.25) is 4.57 Å². The SMILES string of the molecule is Cn1ccn(Cc2ccc(C#CCCO)cc2F)c1=O. The summed E-state index contributed by atoms with van der Waals surface area (Å²) in [6, 6.07) is 4.67. The maximum Gasteiger partial charge on any atom is 0.328 e. The van der Waals surface area contributed by atoms with Gasteiger partial charge in [0, 0.05) is 37.0 Å². The van der Waals surface area contributed by atoms with Crippen molar-refractivity contribution in [2.24, 2.45) is 7.05 Å². The summed E-state index contributed by atoms with van der Waals surface area (Å²) in [7, 11) is 1.65. The molecule has 1 N–H and O–H groups in total. The molecule has 0 fully saturated rings. The van der Waals surface area contributed by atoms with Gasteiger partial charge >= 0.3 is 5.69 Å². The number of aromatic nitrogens is 2. The lowest BCUT2D eigenvalue weighted by Gasteiger charge is -2.04. The number of hydrogen-bond acceptors (Lipinski definition) is 2. The lowest BCUT2D eigenvalue weighted by Crippen LogP contribution is -2.22. The van der Waals surface area contributed by atoms with Crippen LogP contribution in [0.15, 0.2) is 35.4 Å². The fourth-order valence-corrected chi connectivity index (χ4v) is 1.79. The van der Waals surface area contributed by atoms with Gasteiger partial charge in [-0.25, -0.2) is 9.18 Å². The van der Waals surface area contributed by atoms with E-state index in [1.165, 1.54) is 15.2 Å². The van der Waals surface area contributed by atoms with Crippen molar-refractivity contribution in [1.82, 2.24) is 9.13 Å². The van der Waals surface area contributed by atoms with E-state index in [9.17, 15) is 9.18 Å². The molecule has 0 saturated heterocycles. The number of rotatable bonds is 3. The third-order valence-electron chi connectivity index (χ3n) is 2.88. The van der Waals surface area contributed by atoms with Crippen molar-refractivity contribution >= 4 is 0 Å². The minimum absolute atomic E-state index is 0.00943. The molecule has 0 radical (unpaired) electrons. The highest BCUT2D eigenvalue weighted by Crippen LogP contribution is 2.11. The Balaban J connectivity index is 2.20. The van der Waals surface area contributed by atoms with Gasteiger partial charge in [-0.1, -0.05) is 17.9 Å². The van der Waals surface area contributed by atoms with Crippen molar-refractivity contribution in [3.63, 3.8) is 0 Å². The minimum Gasteiger partial charge on any atom is -0.395 e. The topological polar surface area (TPSA) is 47.2 Å². The lowest BCUT2D eigenvalue weighted by molar-refractivity contribution is 0.305. The van der Waals surface area contributed by atoms with E-state index in [1.807, 2.05) is 0 Å². The molecule has 4 nitrogen and oxygen atoms in total. The van der Waals surface area contributed by atoms with Crippen LogP contribution >= 0.6 is 0 Å². The van der Waals surface area contributed by atoms with Crippen LogP contribution in [0.1, 0.15) is 17.5 Å². The summed E-state index contributed by atoms with van der Waals surface area (Å²) in [5.41, 5.74) is 0.808. The highest BCUT2D eigenvalue weighted by atomic mass is 19.1. The van der Waals surface area contributed by atoms with Gasteiger partial charge in [-0.05, 0) is 12.1 Å². The zero-order valence-electron chi connectivity index (χ0n) is 11.1. The van der Waals surface area contributed by atoms with Gasteiger partial charge in [-0.15, -0.1) is 0 Å². The lowest BCUT2D eigenvalue weighted by atomic mass is 10.1. The number of aryl methyl sites for hydroxylation is 1. The molecule has 0 atom stereocenters. The molecule has 0 saturated carbocycles. The van der Waals surface area contributed by atoms with Crippen LogP contribution in [-0.4, -0.2) is 20.8 Å². The van der Waals surface area contributed by atoms with Crippen LogP contribution < -0.4 is 5.69 Å². The van der Waals surface area contributed by atoms with E-state index < -0.39 is 5.82 Å². The Kier molecular flexibility index (Phi) is 4.38. The van der Waals surface area contributed by atoms with Crippen LogP contribution in [0.5, 0.6) is 0 Å². The Hall–Kier alpha value is -2.32. The van der Waals surface area contributed by atoms with E-state index in [1.54, 1.807) is 31.6 Å². The second-order valence-corrected chi connectivity index (χ2v) is 4.40. The van der Waals surface area contributed by atoms with E-state index in [2.05, 4.69) is 11.8 Å². The second kappa shape index (κ2) is 6.22. The Morgan fingerprint density at radius 1 is 1.35 bits per heavy atom. The molecule has 0 bridgehead atoms. The van der Waals surface area contributed by atoms with Crippen LogP contribution in [0, 0.1) is 17.7 Å². The largest absolute Gasteiger partial charge is 0.395 e. The standard InChI is InChI=1S/C15H15FN2O2/c1-17-7-8-18(15(17)20)11-13-6-5-12(10-14(13)16)4-2-3-9-19/h5-8,10,19H,3,9,11H2,1H3. The molecule has 2 rings (SSSR count). The van der Waals surface area contributed by atoms with E-state index in [-0.39, 0.29) is 18.8 Å². The van der Waals surface area contributed by atoms with Gasteiger partial charge in [-0.2, -0.15) is 0 Å². The summed E-state index contributed by atoms with van der Waals surface area (Å²) in [6.45, 7) is 0.181. The Morgan fingerprint density at radius 3 is 2.75 bits per heavy atom. The number of aliphatic hydroxyl groups is 1.